The molecule has 5 rings (SSSR count). The molecule has 2 N–H and O–H groups in total. The van der Waals surface area contributed by atoms with Crippen LogP contribution in [-0.4, -0.2) is 68.9 Å². The molecule has 35 heavy (non-hydrogen) atoms. The summed E-state index contributed by atoms with van der Waals surface area (Å²) in [6, 6.07) is 12.1. The Balaban J connectivity index is 1.59. The molecule has 0 radical (unpaired) electrons. The second-order valence-corrected chi connectivity index (χ2v) is 10.5. The van der Waals surface area contributed by atoms with Crippen LogP contribution in [0.2, 0.25) is 0 Å². The quantitative estimate of drug-likeness (QED) is 0.365. The largest absolute Gasteiger partial charge is 0.508 e. The van der Waals surface area contributed by atoms with Crippen LogP contribution in [0.3, 0.4) is 0 Å². The molecule has 2 aromatic carbocycles. The summed E-state index contributed by atoms with van der Waals surface area (Å²) < 4.78 is 0.944. The van der Waals surface area contributed by atoms with Gasteiger partial charge < -0.3 is 10.1 Å². The topological polar surface area (TPSA) is 79.9 Å². The summed E-state index contributed by atoms with van der Waals surface area (Å²) in [5, 5.41) is 11.3. The standard InChI is InChI=1S/C27H27BrN4O3/c1-4-11-30(3)12-6-13-31-25(34)27(2)16-21-20-15-18(28)9-10-22(20)29-23(21)24(32(27)26(31)35)17-7-5-8-19(33)14-17/h1,5,7-10,14-15,24,29,33H,6,11-13,16H2,2-3H3/t24-,27+/m1/s1. The van der Waals surface area contributed by atoms with Crippen molar-refractivity contribution in [2.45, 2.75) is 31.3 Å². The van der Waals surface area contributed by atoms with Crippen molar-refractivity contribution in [3.8, 4) is 18.1 Å². The molecule has 0 bridgehead atoms. The Morgan fingerprint density at radius 3 is 2.83 bits per heavy atom. The van der Waals surface area contributed by atoms with Gasteiger partial charge in [-0.25, -0.2) is 4.79 Å². The molecule has 3 amide bonds. The molecule has 2 aliphatic rings. The van der Waals surface area contributed by atoms with Crippen molar-refractivity contribution in [1.82, 2.24) is 19.7 Å². The maximum atomic E-state index is 13.8. The molecule has 1 fully saturated rings. The third-order valence-electron chi connectivity index (χ3n) is 7.10. The number of benzene rings is 2. The first kappa shape index (κ1) is 23.5. The van der Waals surface area contributed by atoms with E-state index in [9.17, 15) is 14.7 Å². The van der Waals surface area contributed by atoms with E-state index >= 15 is 0 Å². The molecule has 7 nitrogen and oxygen atoms in total. The van der Waals surface area contributed by atoms with Gasteiger partial charge in [0.2, 0.25) is 0 Å². The van der Waals surface area contributed by atoms with E-state index in [1.807, 2.05) is 43.1 Å². The van der Waals surface area contributed by atoms with Crippen molar-refractivity contribution < 1.29 is 14.7 Å². The molecule has 3 aromatic rings. The minimum absolute atomic E-state index is 0.113. The summed E-state index contributed by atoms with van der Waals surface area (Å²) in [7, 11) is 1.92. The van der Waals surface area contributed by atoms with Crippen molar-refractivity contribution in [3.05, 3.63) is 63.8 Å². The fraction of sp³-hybridized carbons (Fsp3) is 0.333. The lowest BCUT2D eigenvalue weighted by atomic mass is 9.81. The number of aromatic nitrogens is 1. The number of fused-ring (bicyclic) bond motifs is 4. The zero-order valence-corrected chi connectivity index (χ0v) is 21.3. The lowest BCUT2D eigenvalue weighted by molar-refractivity contribution is -0.133. The Morgan fingerprint density at radius 2 is 2.09 bits per heavy atom. The van der Waals surface area contributed by atoms with Crippen LogP contribution in [0.1, 0.15) is 36.2 Å². The van der Waals surface area contributed by atoms with E-state index in [4.69, 9.17) is 6.42 Å². The Morgan fingerprint density at radius 1 is 1.29 bits per heavy atom. The van der Waals surface area contributed by atoms with Gasteiger partial charge in [-0.3, -0.25) is 19.5 Å². The average molecular weight is 535 g/mol. The highest BCUT2D eigenvalue weighted by molar-refractivity contribution is 9.10. The van der Waals surface area contributed by atoms with E-state index in [0.717, 1.165) is 32.2 Å². The molecule has 8 heteroatoms. The van der Waals surface area contributed by atoms with E-state index < -0.39 is 11.6 Å². The van der Waals surface area contributed by atoms with E-state index in [1.54, 1.807) is 23.1 Å². The first-order chi connectivity index (χ1) is 16.7. The van der Waals surface area contributed by atoms with E-state index in [0.29, 0.717) is 32.5 Å². The number of nitrogens with zero attached hydrogens (tertiary/aromatic N) is 3. The third-order valence-corrected chi connectivity index (χ3v) is 7.59. The monoisotopic (exact) mass is 534 g/mol. The second kappa shape index (κ2) is 8.74. The number of amides is 3. The van der Waals surface area contributed by atoms with E-state index in [2.05, 4.69) is 26.8 Å². The minimum atomic E-state index is -1.04. The number of imide groups is 1. The molecule has 180 valence electrons. The number of terminal acetylenes is 1. The number of aromatic hydroxyl groups is 1. The number of nitrogens with one attached hydrogen (secondary N) is 1. The molecule has 0 unspecified atom stereocenters. The van der Waals surface area contributed by atoms with Gasteiger partial charge in [0.1, 0.15) is 17.3 Å². The molecular weight excluding hydrogens is 508 g/mol. The molecule has 0 aliphatic carbocycles. The van der Waals surface area contributed by atoms with Gasteiger partial charge in [0, 0.05) is 40.6 Å². The first-order valence-electron chi connectivity index (χ1n) is 11.6. The normalized spacial score (nSPS) is 21.5. The highest BCUT2D eigenvalue weighted by Crippen LogP contribution is 2.49. The maximum Gasteiger partial charge on any atom is 0.328 e. The van der Waals surface area contributed by atoms with Crippen LogP contribution in [0.5, 0.6) is 5.75 Å². The number of hydrogen-bond acceptors (Lipinski definition) is 4. The van der Waals surface area contributed by atoms with Crippen LogP contribution < -0.4 is 0 Å². The zero-order chi connectivity index (χ0) is 24.9. The molecule has 1 saturated heterocycles. The van der Waals surface area contributed by atoms with Crippen molar-refractivity contribution in [3.63, 3.8) is 0 Å². The molecule has 0 saturated carbocycles. The summed E-state index contributed by atoms with van der Waals surface area (Å²) in [5.41, 5.74) is 2.55. The smallest absolute Gasteiger partial charge is 0.328 e. The fourth-order valence-corrected chi connectivity index (χ4v) is 5.82. The lowest BCUT2D eigenvalue weighted by Gasteiger charge is -2.42. The second-order valence-electron chi connectivity index (χ2n) is 9.56. The highest BCUT2D eigenvalue weighted by Gasteiger charge is 2.60. The van der Waals surface area contributed by atoms with Crippen molar-refractivity contribution in [2.75, 3.05) is 26.7 Å². The number of urea groups is 1. The van der Waals surface area contributed by atoms with Gasteiger partial charge in [0.15, 0.2) is 0 Å². The molecule has 0 spiro atoms. The van der Waals surface area contributed by atoms with Gasteiger partial charge in [-0.1, -0.05) is 34.0 Å². The SMILES string of the molecule is C#CCN(C)CCCN1C(=O)N2[C@H](c3cccc(O)c3)c3[nH]c4ccc(Br)cc4c3C[C@@]2(C)C1=O. The number of phenolic OH excluding ortho intramolecular Hbond substituents is 1. The fourth-order valence-electron chi connectivity index (χ4n) is 5.46. The number of aromatic amines is 1. The summed E-state index contributed by atoms with van der Waals surface area (Å²) in [6.45, 7) is 3.38. The number of carbonyl (C=O) groups is 2. The van der Waals surface area contributed by atoms with Gasteiger partial charge in [-0.15, -0.1) is 6.42 Å². The van der Waals surface area contributed by atoms with E-state index in [1.165, 1.54) is 4.90 Å². The summed E-state index contributed by atoms with van der Waals surface area (Å²) in [5.74, 6) is 2.53. The molecule has 3 heterocycles. The van der Waals surface area contributed by atoms with Crippen LogP contribution in [0.15, 0.2) is 46.9 Å². The predicted octanol–water partition coefficient (Wildman–Crippen LogP) is 4.26. The summed E-state index contributed by atoms with van der Waals surface area (Å²) in [4.78, 5) is 36.2. The number of phenols is 1. The highest BCUT2D eigenvalue weighted by atomic mass is 79.9. The average Bonchev–Trinajstić information content (AvgIpc) is 3.25. The van der Waals surface area contributed by atoms with Gasteiger partial charge in [0.25, 0.3) is 5.91 Å². The third kappa shape index (κ3) is 3.79. The Hall–Kier alpha value is -3.28. The number of hydrogen-bond donors (Lipinski definition) is 2. The van der Waals surface area contributed by atoms with Crippen molar-refractivity contribution >= 4 is 38.8 Å². The Labute approximate surface area is 212 Å². The van der Waals surface area contributed by atoms with Crippen LogP contribution in [0, 0.1) is 12.3 Å². The Kier molecular flexibility index (Phi) is 5.86. The number of halogens is 1. The molecule has 2 aliphatic heterocycles. The van der Waals surface area contributed by atoms with Gasteiger partial charge >= 0.3 is 6.03 Å². The number of H-pyrrole nitrogens is 1. The van der Waals surface area contributed by atoms with Gasteiger partial charge in [-0.2, -0.15) is 0 Å². The molecular formula is C27H27BrN4O3. The number of rotatable bonds is 6. The van der Waals surface area contributed by atoms with Crippen LogP contribution in [0.25, 0.3) is 10.9 Å². The Bertz CT molecular complexity index is 1380. The predicted molar refractivity (Wildman–Crippen MR) is 138 cm³/mol. The van der Waals surface area contributed by atoms with Crippen LogP contribution >= 0.6 is 15.9 Å². The van der Waals surface area contributed by atoms with Crippen LogP contribution in [0.4, 0.5) is 4.79 Å². The summed E-state index contributed by atoms with van der Waals surface area (Å²) in [6.07, 6.45) is 6.43. The number of carbonyl (C=O) groups excluding carboxylic acids is 2. The lowest BCUT2D eigenvalue weighted by Crippen LogP contribution is -2.53. The molecule has 1 aromatic heterocycles. The first-order valence-corrected chi connectivity index (χ1v) is 12.4. The van der Waals surface area contributed by atoms with Crippen LogP contribution in [-0.2, 0) is 11.2 Å². The minimum Gasteiger partial charge on any atom is -0.508 e. The maximum absolute atomic E-state index is 13.8. The van der Waals surface area contributed by atoms with Gasteiger partial charge in [0.05, 0.1) is 6.54 Å². The van der Waals surface area contributed by atoms with Crippen molar-refractivity contribution in [2.24, 2.45) is 0 Å². The zero-order valence-electron chi connectivity index (χ0n) is 19.7. The van der Waals surface area contributed by atoms with Crippen molar-refractivity contribution in [1.29, 1.82) is 0 Å². The summed E-state index contributed by atoms with van der Waals surface area (Å²) >= 11 is 3.56. The van der Waals surface area contributed by atoms with E-state index in [-0.39, 0.29) is 17.7 Å². The molecule has 2 atom stereocenters. The van der Waals surface area contributed by atoms with Gasteiger partial charge in [-0.05, 0) is 61.9 Å².